The van der Waals surface area contributed by atoms with Crippen LogP contribution >= 0.6 is 0 Å². The molecule has 4 nitrogen and oxygen atoms in total. The molecule has 2 aliphatic rings. The zero-order valence-corrected chi connectivity index (χ0v) is 26.8. The summed E-state index contributed by atoms with van der Waals surface area (Å²) in [5.74, 6) is 0. The van der Waals surface area contributed by atoms with Gasteiger partial charge in [0.2, 0.25) is 0 Å². The third-order valence-electron chi connectivity index (χ3n) is 11.0. The highest BCUT2D eigenvalue weighted by Crippen LogP contribution is 2.46. The van der Waals surface area contributed by atoms with Gasteiger partial charge in [-0.2, -0.15) is 0 Å². The summed E-state index contributed by atoms with van der Waals surface area (Å²) in [5.41, 5.74) is 14.2. The minimum absolute atomic E-state index is 0.155. The second kappa shape index (κ2) is 9.37. The van der Waals surface area contributed by atoms with Crippen molar-refractivity contribution in [3.05, 3.63) is 157 Å². The summed E-state index contributed by atoms with van der Waals surface area (Å²) in [4.78, 5) is 2.27. The van der Waals surface area contributed by atoms with Gasteiger partial charge in [-0.05, 0) is 72.4 Å². The highest BCUT2D eigenvalue weighted by atomic mass is 16.3. The molecule has 0 unspecified atom stereocenters. The predicted molar refractivity (Wildman–Crippen MR) is 209 cm³/mol. The molecule has 0 fully saturated rings. The van der Waals surface area contributed by atoms with E-state index in [0.717, 1.165) is 50.5 Å². The van der Waals surface area contributed by atoms with Crippen molar-refractivity contribution in [2.45, 2.75) is 6.85 Å². The van der Waals surface area contributed by atoms with E-state index < -0.39 is 6.85 Å². The minimum Gasteiger partial charge on any atom is -0.468 e. The molecule has 50 heavy (non-hydrogen) atoms. The molecule has 0 aliphatic carbocycles. The van der Waals surface area contributed by atoms with E-state index in [-0.39, 0.29) is 6.71 Å². The van der Waals surface area contributed by atoms with Crippen LogP contribution in [0.1, 0.15) is 9.68 Å². The van der Waals surface area contributed by atoms with Crippen molar-refractivity contribution in [1.29, 1.82) is 0 Å². The fraction of sp³-hybridized carbons (Fsp3) is 0.0222. The van der Waals surface area contributed by atoms with Gasteiger partial charge in [-0.25, -0.2) is 0 Å². The van der Waals surface area contributed by atoms with Crippen molar-refractivity contribution in [3.8, 4) is 11.4 Å². The molecule has 0 spiro atoms. The fourth-order valence-corrected chi connectivity index (χ4v) is 9.07. The minimum atomic E-state index is -2.19. The van der Waals surface area contributed by atoms with Crippen LogP contribution in [0.2, 0.25) is 0 Å². The molecular weight excluding hydrogens is 609 g/mol. The smallest absolute Gasteiger partial charge is 0.297 e. The third-order valence-corrected chi connectivity index (χ3v) is 11.0. The molecule has 12 rings (SSSR count). The Morgan fingerprint density at radius 3 is 2.06 bits per heavy atom. The molecule has 0 atom stereocenters. The Morgan fingerprint density at radius 2 is 1.20 bits per heavy atom. The van der Waals surface area contributed by atoms with Gasteiger partial charge in [0, 0.05) is 59.3 Å². The topological polar surface area (TPSA) is 26.2 Å². The maximum atomic E-state index is 8.03. The van der Waals surface area contributed by atoms with Crippen molar-refractivity contribution < 1.29 is 8.53 Å². The van der Waals surface area contributed by atoms with Gasteiger partial charge in [-0.15, -0.1) is 0 Å². The van der Waals surface area contributed by atoms with E-state index in [9.17, 15) is 0 Å². The Morgan fingerprint density at radius 1 is 0.520 bits per heavy atom. The molecule has 0 N–H and O–H groups in total. The molecule has 5 heteroatoms. The largest absolute Gasteiger partial charge is 0.468 e. The Bertz CT molecular complexity index is 3170. The van der Waals surface area contributed by atoms with Gasteiger partial charge in [0.1, 0.15) is 5.58 Å². The summed E-state index contributed by atoms with van der Waals surface area (Å²) in [7, 11) is 0. The second-order valence-corrected chi connectivity index (χ2v) is 13.5. The van der Waals surface area contributed by atoms with Crippen LogP contribution in [0.25, 0.3) is 66.0 Å². The van der Waals surface area contributed by atoms with E-state index in [0.29, 0.717) is 5.56 Å². The average Bonchev–Trinajstić information content (AvgIpc) is 3.85. The molecular formula is C45H28BN3O. The van der Waals surface area contributed by atoms with Gasteiger partial charge in [0.25, 0.3) is 6.71 Å². The number of para-hydroxylation sites is 4. The lowest BCUT2D eigenvalue weighted by Gasteiger charge is -2.38. The summed E-state index contributed by atoms with van der Waals surface area (Å²) < 4.78 is 35.9. The first kappa shape index (κ1) is 23.8. The number of nitrogens with zero attached hydrogens (tertiary/aromatic N) is 3. The number of aromatic nitrogens is 2. The quantitative estimate of drug-likeness (QED) is 0.176. The number of rotatable bonds is 2. The predicted octanol–water partition coefficient (Wildman–Crippen LogP) is 9.55. The molecule has 10 aromatic rings. The highest BCUT2D eigenvalue weighted by molar-refractivity contribution is 7.00. The Hall–Kier alpha value is -6.46. The van der Waals surface area contributed by atoms with Crippen LogP contribution in [-0.2, 0) is 0 Å². The van der Waals surface area contributed by atoms with Gasteiger partial charge < -0.3 is 18.5 Å². The van der Waals surface area contributed by atoms with Crippen molar-refractivity contribution in [1.82, 2.24) is 9.13 Å². The number of fused-ring (bicyclic) bond motifs is 13. The summed E-state index contributed by atoms with van der Waals surface area (Å²) in [6, 6.07) is 52.8. The molecule has 0 bridgehead atoms. The molecule has 3 aromatic heterocycles. The van der Waals surface area contributed by atoms with Gasteiger partial charge >= 0.3 is 0 Å². The van der Waals surface area contributed by atoms with Crippen molar-refractivity contribution in [2.75, 3.05) is 4.90 Å². The van der Waals surface area contributed by atoms with Crippen LogP contribution in [0.3, 0.4) is 0 Å². The summed E-state index contributed by atoms with van der Waals surface area (Å²) in [6.45, 7) is -2.35. The summed E-state index contributed by atoms with van der Waals surface area (Å²) in [6.07, 6.45) is 0. The van der Waals surface area contributed by atoms with E-state index in [1.165, 1.54) is 49.1 Å². The lowest BCUT2D eigenvalue weighted by atomic mass is 9.36. The molecule has 5 heterocycles. The summed E-state index contributed by atoms with van der Waals surface area (Å²) >= 11 is 0. The maximum absolute atomic E-state index is 8.03. The van der Waals surface area contributed by atoms with Crippen LogP contribution in [0.5, 0.6) is 0 Å². The lowest BCUT2D eigenvalue weighted by molar-refractivity contribution is 0.651. The first-order valence-electron chi connectivity index (χ1n) is 18.6. The molecule has 232 valence electrons. The number of furan rings is 1. The zero-order chi connectivity index (χ0) is 35.2. The lowest BCUT2D eigenvalue weighted by Crippen LogP contribution is -2.59. The van der Waals surface area contributed by atoms with E-state index in [1.54, 1.807) is 12.1 Å². The van der Waals surface area contributed by atoms with E-state index in [4.69, 9.17) is 8.53 Å². The monoisotopic (exact) mass is 640 g/mol. The molecule has 0 radical (unpaired) electrons. The first-order chi connectivity index (χ1) is 26.0. The molecule has 0 saturated heterocycles. The normalized spacial score (nSPS) is 14.4. The maximum Gasteiger partial charge on any atom is 0.297 e. The Balaban J connectivity index is 1.25. The van der Waals surface area contributed by atoms with E-state index in [1.807, 2.05) is 24.3 Å². The van der Waals surface area contributed by atoms with Gasteiger partial charge in [-0.1, -0.05) is 103 Å². The number of hydrogen-bond acceptors (Lipinski definition) is 2. The van der Waals surface area contributed by atoms with Gasteiger partial charge in [0.05, 0.1) is 27.9 Å². The van der Waals surface area contributed by atoms with Gasteiger partial charge in [-0.3, -0.25) is 0 Å². The van der Waals surface area contributed by atoms with Gasteiger partial charge in [0.15, 0.2) is 0 Å². The molecule has 0 saturated carbocycles. The Kier molecular flexibility index (Phi) is 4.46. The molecule has 7 aromatic carbocycles. The van der Waals surface area contributed by atoms with Crippen molar-refractivity contribution in [2.24, 2.45) is 0 Å². The average molecular weight is 641 g/mol. The highest BCUT2D eigenvalue weighted by Gasteiger charge is 2.45. The number of hydrogen-bond donors (Lipinski definition) is 0. The molecule has 0 amide bonds. The van der Waals surface area contributed by atoms with Crippen LogP contribution in [0.15, 0.2) is 156 Å². The first-order valence-corrected chi connectivity index (χ1v) is 17.1. The second-order valence-electron chi connectivity index (χ2n) is 13.5. The van der Waals surface area contributed by atoms with Crippen LogP contribution < -0.4 is 21.5 Å². The van der Waals surface area contributed by atoms with Crippen LogP contribution in [0.4, 0.5) is 17.1 Å². The van der Waals surface area contributed by atoms with Crippen molar-refractivity contribution >= 4 is 94.9 Å². The Labute approximate surface area is 292 Å². The van der Waals surface area contributed by atoms with E-state index >= 15 is 0 Å². The third kappa shape index (κ3) is 3.18. The SMILES string of the molecule is [2H]C([2H])([2H])c1ccc(N2c3cccc4c3B(c3oc5ccccc5c32)c2cccc3c5ccc6c7ccccc7n(-c7ccccc7)c6c5n-4c23)cc1. The zero-order valence-electron chi connectivity index (χ0n) is 29.8. The summed E-state index contributed by atoms with van der Waals surface area (Å²) in [5, 5.41) is 5.85. The molecule has 2 aliphatic heterocycles. The standard InChI is InChI=1S/C45H28BN3O/c1-27-21-23-29(24-22-27)48-37-18-10-19-38-40(37)46(45-44(48)34-14-6-8-20-39(34)50-45)35-16-9-15-31-33-26-25-32-30-13-5-7-17-36(30)47(28-11-3-2-4-12-28)42(32)43(33)49(38)41(31)35/h2-26H,1H3/i1D3. The van der Waals surface area contributed by atoms with E-state index in [2.05, 4.69) is 129 Å². The number of aryl methyl sites for hydroxylation is 1. The van der Waals surface area contributed by atoms with Crippen LogP contribution in [0, 0.1) is 6.85 Å². The number of benzene rings is 7. The van der Waals surface area contributed by atoms with Crippen molar-refractivity contribution in [3.63, 3.8) is 0 Å². The number of anilines is 3. The van der Waals surface area contributed by atoms with Crippen LogP contribution in [-0.4, -0.2) is 15.8 Å². The fourth-order valence-electron chi connectivity index (χ4n) is 9.07.